The topological polar surface area (TPSA) is 82.1 Å². The standard InChI is InChI=1S/C13H17NO6S/c1-18-11-5-3-10(4-6-11)14-7-12(19-9-13(14)15)8-20-21(2,16)17/h3-6,12H,7-9H2,1-2H3. The fourth-order valence-electron chi connectivity index (χ4n) is 1.94. The van der Waals surface area contributed by atoms with Crippen molar-refractivity contribution in [2.75, 3.05) is 38.0 Å². The van der Waals surface area contributed by atoms with Crippen LogP contribution in [0.2, 0.25) is 0 Å². The second-order valence-electron chi connectivity index (χ2n) is 4.62. The number of carbonyl (C=O) groups excluding carboxylic acids is 1. The highest BCUT2D eigenvalue weighted by atomic mass is 32.2. The summed E-state index contributed by atoms with van der Waals surface area (Å²) < 4.78 is 37.0. The maximum Gasteiger partial charge on any atom is 0.264 e. The van der Waals surface area contributed by atoms with Crippen molar-refractivity contribution >= 4 is 21.7 Å². The lowest BCUT2D eigenvalue weighted by molar-refractivity contribution is -0.130. The zero-order valence-corrected chi connectivity index (χ0v) is 12.6. The molecule has 0 saturated carbocycles. The number of hydrogen-bond donors (Lipinski definition) is 0. The van der Waals surface area contributed by atoms with Crippen LogP contribution in [0.5, 0.6) is 5.75 Å². The maximum absolute atomic E-state index is 11.9. The SMILES string of the molecule is COc1ccc(N2CC(COS(C)(=O)=O)OCC2=O)cc1. The van der Waals surface area contributed by atoms with Crippen molar-refractivity contribution in [3.05, 3.63) is 24.3 Å². The van der Waals surface area contributed by atoms with E-state index >= 15 is 0 Å². The van der Waals surface area contributed by atoms with E-state index in [4.69, 9.17) is 13.7 Å². The predicted molar refractivity (Wildman–Crippen MR) is 75.9 cm³/mol. The molecule has 8 heteroatoms. The molecule has 0 aromatic heterocycles. The predicted octanol–water partition coefficient (Wildman–Crippen LogP) is 0.403. The summed E-state index contributed by atoms with van der Waals surface area (Å²) in [7, 11) is -1.97. The Labute approximate surface area is 123 Å². The van der Waals surface area contributed by atoms with Crippen molar-refractivity contribution in [3.63, 3.8) is 0 Å². The summed E-state index contributed by atoms with van der Waals surface area (Å²) in [4.78, 5) is 13.4. The Kier molecular flexibility index (Phi) is 4.81. The van der Waals surface area contributed by atoms with Gasteiger partial charge in [0.1, 0.15) is 18.5 Å². The molecule has 21 heavy (non-hydrogen) atoms. The third-order valence-corrected chi connectivity index (χ3v) is 3.55. The van der Waals surface area contributed by atoms with Crippen molar-refractivity contribution in [2.45, 2.75) is 6.10 Å². The summed E-state index contributed by atoms with van der Waals surface area (Å²) in [5, 5.41) is 0. The van der Waals surface area contributed by atoms with Crippen LogP contribution in [0.15, 0.2) is 24.3 Å². The third-order valence-electron chi connectivity index (χ3n) is 2.98. The number of rotatable bonds is 5. The van der Waals surface area contributed by atoms with Crippen LogP contribution in [-0.4, -0.2) is 53.6 Å². The number of amides is 1. The van der Waals surface area contributed by atoms with Crippen molar-refractivity contribution in [1.82, 2.24) is 0 Å². The Morgan fingerprint density at radius 3 is 2.57 bits per heavy atom. The van der Waals surface area contributed by atoms with Crippen LogP contribution in [0.1, 0.15) is 0 Å². The Bertz CT molecular complexity index is 598. The normalized spacial score (nSPS) is 19.6. The van der Waals surface area contributed by atoms with Gasteiger partial charge in [0.15, 0.2) is 0 Å². The average molecular weight is 315 g/mol. The van der Waals surface area contributed by atoms with Gasteiger partial charge in [-0.15, -0.1) is 0 Å². The number of methoxy groups -OCH3 is 1. The minimum absolute atomic E-state index is 0.107. The minimum Gasteiger partial charge on any atom is -0.497 e. The summed E-state index contributed by atoms with van der Waals surface area (Å²) >= 11 is 0. The molecule has 0 N–H and O–H groups in total. The zero-order valence-electron chi connectivity index (χ0n) is 11.8. The van der Waals surface area contributed by atoms with Gasteiger partial charge in [-0.2, -0.15) is 8.42 Å². The van der Waals surface area contributed by atoms with Crippen molar-refractivity contribution in [2.24, 2.45) is 0 Å². The van der Waals surface area contributed by atoms with E-state index in [1.807, 2.05) is 0 Å². The molecule has 0 aliphatic carbocycles. The molecule has 0 spiro atoms. The van der Waals surface area contributed by atoms with Crippen LogP contribution >= 0.6 is 0 Å². The molecule has 1 aliphatic heterocycles. The number of benzene rings is 1. The Hall–Kier alpha value is -1.64. The molecule has 2 rings (SSSR count). The number of carbonyl (C=O) groups is 1. The van der Waals surface area contributed by atoms with Crippen molar-refractivity contribution < 1.29 is 26.9 Å². The lowest BCUT2D eigenvalue weighted by Gasteiger charge is -2.32. The molecular formula is C13H17NO6S. The van der Waals surface area contributed by atoms with Crippen LogP contribution in [0.4, 0.5) is 5.69 Å². The van der Waals surface area contributed by atoms with Gasteiger partial charge in [0.2, 0.25) is 0 Å². The maximum atomic E-state index is 11.9. The zero-order chi connectivity index (χ0) is 15.5. The molecule has 1 unspecified atom stereocenters. The van der Waals surface area contributed by atoms with E-state index in [9.17, 15) is 13.2 Å². The molecule has 1 aromatic rings. The molecule has 1 fully saturated rings. The number of anilines is 1. The lowest BCUT2D eigenvalue weighted by Crippen LogP contribution is -2.48. The summed E-state index contributed by atoms with van der Waals surface area (Å²) in [6.45, 7) is 0.0171. The average Bonchev–Trinajstić information content (AvgIpc) is 2.46. The first-order chi connectivity index (χ1) is 9.89. The minimum atomic E-state index is -3.53. The molecular weight excluding hydrogens is 298 g/mol. The molecule has 0 radical (unpaired) electrons. The van der Waals surface area contributed by atoms with E-state index in [-0.39, 0.29) is 25.7 Å². The van der Waals surface area contributed by atoms with Gasteiger partial charge >= 0.3 is 0 Å². The van der Waals surface area contributed by atoms with Gasteiger partial charge in [0, 0.05) is 5.69 Å². The quantitative estimate of drug-likeness (QED) is 0.732. The molecule has 1 heterocycles. The largest absolute Gasteiger partial charge is 0.497 e. The Balaban J connectivity index is 2.05. The highest BCUT2D eigenvalue weighted by Gasteiger charge is 2.28. The van der Waals surface area contributed by atoms with E-state index < -0.39 is 16.2 Å². The molecule has 1 saturated heterocycles. The van der Waals surface area contributed by atoms with Crippen molar-refractivity contribution in [3.8, 4) is 5.75 Å². The lowest BCUT2D eigenvalue weighted by atomic mass is 10.2. The Morgan fingerprint density at radius 2 is 2.00 bits per heavy atom. The summed E-state index contributed by atoms with van der Waals surface area (Å²) in [5.74, 6) is 0.507. The summed E-state index contributed by atoms with van der Waals surface area (Å²) in [5.41, 5.74) is 0.702. The second kappa shape index (κ2) is 6.42. The van der Waals surface area contributed by atoms with Gasteiger partial charge in [0.25, 0.3) is 16.0 Å². The van der Waals surface area contributed by atoms with E-state index in [0.29, 0.717) is 11.4 Å². The van der Waals surface area contributed by atoms with Gasteiger partial charge in [0.05, 0.1) is 26.5 Å². The van der Waals surface area contributed by atoms with Crippen LogP contribution < -0.4 is 9.64 Å². The van der Waals surface area contributed by atoms with Gasteiger partial charge in [-0.1, -0.05) is 0 Å². The first-order valence-corrected chi connectivity index (χ1v) is 8.11. The molecule has 1 amide bonds. The highest BCUT2D eigenvalue weighted by molar-refractivity contribution is 7.85. The number of morpholine rings is 1. The first-order valence-electron chi connectivity index (χ1n) is 6.29. The van der Waals surface area contributed by atoms with Gasteiger partial charge < -0.3 is 14.4 Å². The van der Waals surface area contributed by atoms with E-state index in [0.717, 1.165) is 6.26 Å². The second-order valence-corrected chi connectivity index (χ2v) is 6.27. The molecule has 0 bridgehead atoms. The molecule has 1 atom stereocenters. The number of ether oxygens (including phenoxy) is 2. The van der Waals surface area contributed by atoms with Gasteiger partial charge in [-0.05, 0) is 24.3 Å². The van der Waals surface area contributed by atoms with Crippen LogP contribution in [-0.2, 0) is 23.8 Å². The highest BCUT2D eigenvalue weighted by Crippen LogP contribution is 2.22. The first kappa shape index (κ1) is 15.7. The number of nitrogens with zero attached hydrogens (tertiary/aromatic N) is 1. The number of hydrogen-bond acceptors (Lipinski definition) is 6. The molecule has 7 nitrogen and oxygen atoms in total. The smallest absolute Gasteiger partial charge is 0.264 e. The summed E-state index contributed by atoms with van der Waals surface area (Å²) in [6, 6.07) is 7.02. The van der Waals surface area contributed by atoms with E-state index in [1.54, 1.807) is 36.3 Å². The van der Waals surface area contributed by atoms with Crippen LogP contribution in [0.25, 0.3) is 0 Å². The fraction of sp³-hybridized carbons (Fsp3) is 0.462. The monoisotopic (exact) mass is 315 g/mol. The van der Waals surface area contributed by atoms with Gasteiger partial charge in [-0.3, -0.25) is 8.98 Å². The molecule has 116 valence electrons. The van der Waals surface area contributed by atoms with Crippen LogP contribution in [0, 0.1) is 0 Å². The van der Waals surface area contributed by atoms with Crippen molar-refractivity contribution in [1.29, 1.82) is 0 Å². The molecule has 1 aromatic carbocycles. The third kappa shape index (κ3) is 4.42. The van der Waals surface area contributed by atoms with Crippen LogP contribution in [0.3, 0.4) is 0 Å². The summed E-state index contributed by atoms with van der Waals surface area (Å²) in [6.07, 6.45) is 0.488. The van der Waals surface area contributed by atoms with E-state index in [1.165, 1.54) is 0 Å². The Morgan fingerprint density at radius 1 is 1.33 bits per heavy atom. The van der Waals surface area contributed by atoms with E-state index in [2.05, 4.69) is 0 Å². The fourth-order valence-corrected chi connectivity index (χ4v) is 2.34. The van der Waals surface area contributed by atoms with Gasteiger partial charge in [-0.25, -0.2) is 0 Å². The molecule has 1 aliphatic rings.